The summed E-state index contributed by atoms with van der Waals surface area (Å²) in [4.78, 5) is 40.7. The number of anilines is 1. The van der Waals surface area contributed by atoms with Crippen molar-refractivity contribution in [1.82, 2.24) is 4.90 Å². The summed E-state index contributed by atoms with van der Waals surface area (Å²) in [7, 11) is 0. The van der Waals surface area contributed by atoms with E-state index in [0.29, 0.717) is 22.8 Å². The van der Waals surface area contributed by atoms with Gasteiger partial charge in [0.05, 0.1) is 0 Å². The number of amides is 2. The van der Waals surface area contributed by atoms with Crippen LogP contribution in [0.5, 0.6) is 0 Å². The van der Waals surface area contributed by atoms with Crippen LogP contribution in [0.25, 0.3) is 10.8 Å². The van der Waals surface area contributed by atoms with Crippen molar-refractivity contribution >= 4 is 34.6 Å². The molecule has 0 aromatic heterocycles. The molecule has 0 saturated carbocycles. The summed E-state index contributed by atoms with van der Waals surface area (Å²) in [6.07, 6.45) is 2.80. The summed E-state index contributed by atoms with van der Waals surface area (Å²) >= 11 is 0. The second kappa shape index (κ2) is 7.12. The fraction of sp³-hybridized carbons (Fsp3) is 0.381. The molecule has 6 nitrogen and oxygen atoms in total. The summed E-state index contributed by atoms with van der Waals surface area (Å²) in [6.45, 7) is 3.90. The lowest BCUT2D eigenvalue weighted by Gasteiger charge is -2.33. The van der Waals surface area contributed by atoms with E-state index in [9.17, 15) is 14.4 Å². The normalized spacial score (nSPS) is 18.1. The van der Waals surface area contributed by atoms with Crippen LogP contribution in [0.2, 0.25) is 0 Å². The third-order valence-electron chi connectivity index (χ3n) is 5.32. The molecule has 2 amide bonds. The van der Waals surface area contributed by atoms with Crippen LogP contribution in [-0.4, -0.2) is 48.9 Å². The number of imide groups is 1. The molecule has 4 rings (SSSR count). The summed E-state index contributed by atoms with van der Waals surface area (Å²) in [5, 5.41) is 1.58. The number of carbonyl (C=O) groups is 3. The quantitative estimate of drug-likeness (QED) is 0.601. The number of hydrogen-bond donors (Lipinski definition) is 0. The summed E-state index contributed by atoms with van der Waals surface area (Å²) in [6, 6.07) is 9.22. The summed E-state index contributed by atoms with van der Waals surface area (Å²) < 4.78 is 5.31. The van der Waals surface area contributed by atoms with Gasteiger partial charge >= 0.3 is 0 Å². The first-order chi connectivity index (χ1) is 13.2. The number of nitrogens with zero attached hydrogens (tertiary/aromatic N) is 2. The minimum Gasteiger partial charge on any atom is -0.371 e. The Bertz CT molecular complexity index is 896. The minimum absolute atomic E-state index is 0.228. The Morgan fingerprint density at radius 2 is 1.74 bits per heavy atom. The van der Waals surface area contributed by atoms with Crippen molar-refractivity contribution in [2.45, 2.75) is 32.4 Å². The van der Waals surface area contributed by atoms with Gasteiger partial charge in [-0.25, -0.2) is 4.90 Å². The average molecular weight is 366 g/mol. The van der Waals surface area contributed by atoms with Crippen LogP contribution in [0.15, 0.2) is 30.3 Å². The first-order valence-corrected chi connectivity index (χ1v) is 9.42. The van der Waals surface area contributed by atoms with Crippen LogP contribution in [0, 0.1) is 0 Å². The second-order valence-corrected chi connectivity index (χ2v) is 6.87. The van der Waals surface area contributed by atoms with E-state index in [4.69, 9.17) is 4.74 Å². The number of hydrogen-bond acceptors (Lipinski definition) is 5. The highest BCUT2D eigenvalue weighted by Gasteiger charge is 2.38. The zero-order valence-corrected chi connectivity index (χ0v) is 15.3. The topological polar surface area (TPSA) is 66.9 Å². The van der Waals surface area contributed by atoms with Gasteiger partial charge in [-0.05, 0) is 44.4 Å². The molecule has 2 aromatic rings. The van der Waals surface area contributed by atoms with Crippen LogP contribution in [0.4, 0.5) is 5.69 Å². The molecule has 6 heteroatoms. The smallest absolute Gasteiger partial charge is 0.263 e. The van der Waals surface area contributed by atoms with Gasteiger partial charge in [-0.3, -0.25) is 14.4 Å². The SMILES string of the molecule is CCOC(C=O)N1C(=O)c2cccc3c(N4CCCCC4)ccc(c23)C1=O. The van der Waals surface area contributed by atoms with Crippen molar-refractivity contribution < 1.29 is 19.1 Å². The van der Waals surface area contributed by atoms with Crippen molar-refractivity contribution in [2.75, 3.05) is 24.6 Å². The molecule has 0 spiro atoms. The van der Waals surface area contributed by atoms with Crippen molar-refractivity contribution in [1.29, 1.82) is 0 Å². The fourth-order valence-corrected chi connectivity index (χ4v) is 4.09. The van der Waals surface area contributed by atoms with Crippen molar-refractivity contribution in [3.63, 3.8) is 0 Å². The Hall–Kier alpha value is -2.73. The lowest BCUT2D eigenvalue weighted by atomic mass is 9.92. The maximum Gasteiger partial charge on any atom is 0.263 e. The van der Waals surface area contributed by atoms with E-state index >= 15 is 0 Å². The number of benzene rings is 2. The first kappa shape index (κ1) is 17.7. The Balaban J connectivity index is 1.86. The molecule has 1 unspecified atom stereocenters. The second-order valence-electron chi connectivity index (χ2n) is 6.87. The third kappa shape index (κ3) is 2.80. The van der Waals surface area contributed by atoms with E-state index in [1.165, 1.54) is 6.42 Å². The molecule has 1 atom stereocenters. The maximum atomic E-state index is 13.0. The molecule has 1 saturated heterocycles. The Labute approximate surface area is 157 Å². The molecule has 0 radical (unpaired) electrons. The number of ether oxygens (including phenoxy) is 1. The van der Waals surface area contributed by atoms with Crippen molar-refractivity contribution in [3.8, 4) is 0 Å². The maximum absolute atomic E-state index is 13.0. The number of rotatable bonds is 5. The van der Waals surface area contributed by atoms with Gasteiger partial charge in [-0.15, -0.1) is 0 Å². The van der Waals surface area contributed by atoms with Gasteiger partial charge in [0, 0.05) is 47.3 Å². The van der Waals surface area contributed by atoms with E-state index < -0.39 is 18.0 Å². The largest absolute Gasteiger partial charge is 0.371 e. The van der Waals surface area contributed by atoms with E-state index in [1.54, 1.807) is 19.1 Å². The standard InChI is InChI=1S/C21H22N2O4/c1-2-27-18(13-24)23-20(25)15-8-6-7-14-17(22-11-4-3-5-12-22)10-9-16(19(14)15)21(23)26/h6-10,13,18H,2-5,11-12H2,1H3. The molecule has 27 heavy (non-hydrogen) atoms. The molecule has 2 aliphatic heterocycles. The van der Waals surface area contributed by atoms with Crippen LogP contribution in [0.3, 0.4) is 0 Å². The third-order valence-corrected chi connectivity index (χ3v) is 5.32. The molecule has 2 aromatic carbocycles. The molecule has 0 N–H and O–H groups in total. The average Bonchev–Trinajstić information content (AvgIpc) is 2.71. The van der Waals surface area contributed by atoms with Crippen LogP contribution in [0.1, 0.15) is 46.9 Å². The van der Waals surface area contributed by atoms with Gasteiger partial charge in [0.1, 0.15) is 0 Å². The lowest BCUT2D eigenvalue weighted by molar-refractivity contribution is -0.125. The van der Waals surface area contributed by atoms with Gasteiger partial charge in [-0.2, -0.15) is 0 Å². The zero-order chi connectivity index (χ0) is 19.0. The van der Waals surface area contributed by atoms with Gasteiger partial charge in [0.2, 0.25) is 0 Å². The van der Waals surface area contributed by atoms with Crippen molar-refractivity contribution in [3.05, 3.63) is 41.5 Å². The van der Waals surface area contributed by atoms with Crippen LogP contribution in [-0.2, 0) is 9.53 Å². The molecule has 2 aliphatic rings. The predicted molar refractivity (Wildman–Crippen MR) is 102 cm³/mol. The lowest BCUT2D eigenvalue weighted by Crippen LogP contribution is -2.49. The van der Waals surface area contributed by atoms with Gasteiger partial charge in [-0.1, -0.05) is 12.1 Å². The monoisotopic (exact) mass is 366 g/mol. The van der Waals surface area contributed by atoms with Gasteiger partial charge < -0.3 is 9.64 Å². The Morgan fingerprint density at radius 3 is 2.41 bits per heavy atom. The molecule has 0 bridgehead atoms. The summed E-state index contributed by atoms with van der Waals surface area (Å²) in [5.74, 6) is -0.973. The molecule has 1 fully saturated rings. The molecular weight excluding hydrogens is 344 g/mol. The summed E-state index contributed by atoms with van der Waals surface area (Å²) in [5.41, 5.74) is 1.93. The minimum atomic E-state index is -1.21. The highest BCUT2D eigenvalue weighted by Crippen LogP contribution is 2.37. The highest BCUT2D eigenvalue weighted by molar-refractivity contribution is 6.27. The Kier molecular flexibility index (Phi) is 4.66. The zero-order valence-electron chi connectivity index (χ0n) is 15.3. The molecular formula is C21H22N2O4. The van der Waals surface area contributed by atoms with Gasteiger partial charge in [0.25, 0.3) is 11.8 Å². The van der Waals surface area contributed by atoms with E-state index in [2.05, 4.69) is 4.90 Å². The van der Waals surface area contributed by atoms with Gasteiger partial charge in [0.15, 0.2) is 12.5 Å². The Morgan fingerprint density at radius 1 is 1.04 bits per heavy atom. The number of carbonyl (C=O) groups excluding carboxylic acids is 3. The van der Waals surface area contributed by atoms with E-state index in [0.717, 1.165) is 41.9 Å². The molecule has 140 valence electrons. The van der Waals surface area contributed by atoms with Crippen molar-refractivity contribution in [2.24, 2.45) is 0 Å². The number of aldehydes is 1. The number of piperidine rings is 1. The fourth-order valence-electron chi connectivity index (χ4n) is 4.09. The van der Waals surface area contributed by atoms with Crippen LogP contribution >= 0.6 is 0 Å². The van der Waals surface area contributed by atoms with Crippen LogP contribution < -0.4 is 4.90 Å². The molecule has 2 heterocycles. The first-order valence-electron chi connectivity index (χ1n) is 9.42. The highest BCUT2D eigenvalue weighted by atomic mass is 16.5. The molecule has 0 aliphatic carbocycles. The van der Waals surface area contributed by atoms with E-state index in [-0.39, 0.29) is 6.61 Å². The predicted octanol–water partition coefficient (Wildman–Crippen LogP) is 2.99. The van der Waals surface area contributed by atoms with E-state index in [1.807, 2.05) is 18.2 Å².